The van der Waals surface area contributed by atoms with Gasteiger partial charge in [0.15, 0.2) is 0 Å². The lowest BCUT2D eigenvalue weighted by molar-refractivity contribution is -0.143. The van der Waals surface area contributed by atoms with Crippen LogP contribution in [-0.2, 0) is 10.2 Å². The van der Waals surface area contributed by atoms with E-state index >= 15 is 0 Å². The molecule has 4 heteroatoms. The van der Waals surface area contributed by atoms with Crippen LogP contribution in [0, 0.1) is 5.82 Å². The number of rotatable bonds is 2. The molecule has 0 unspecified atom stereocenters. The molecule has 1 aromatic carbocycles. The fraction of sp³-hybridized carbons (Fsp3) is 0.417. The van der Waals surface area contributed by atoms with Gasteiger partial charge in [-0.15, -0.1) is 0 Å². The summed E-state index contributed by atoms with van der Waals surface area (Å²) in [5, 5.41) is 18.6. The maximum atomic E-state index is 13.7. The molecule has 0 spiro atoms. The number of benzene rings is 1. The Balaban J connectivity index is 2.55. The molecule has 0 amide bonds. The maximum Gasteiger partial charge on any atom is 0.314 e. The van der Waals surface area contributed by atoms with Crippen LogP contribution in [0.3, 0.4) is 0 Å². The highest BCUT2D eigenvalue weighted by Crippen LogP contribution is 2.43. The van der Waals surface area contributed by atoms with Crippen LogP contribution in [0.15, 0.2) is 18.2 Å². The van der Waals surface area contributed by atoms with E-state index in [-0.39, 0.29) is 11.3 Å². The Morgan fingerprint density at radius 2 is 1.94 bits per heavy atom. The maximum absolute atomic E-state index is 13.7. The molecular formula is C12H13FO3. The smallest absolute Gasteiger partial charge is 0.314 e. The molecule has 2 rings (SSSR count). The summed E-state index contributed by atoms with van der Waals surface area (Å²) in [5.41, 5.74) is -1.04. The van der Waals surface area contributed by atoms with Crippen molar-refractivity contribution in [2.75, 3.05) is 0 Å². The van der Waals surface area contributed by atoms with E-state index in [4.69, 9.17) is 0 Å². The summed E-state index contributed by atoms with van der Waals surface area (Å²) in [5.74, 6) is -1.65. The van der Waals surface area contributed by atoms with Crippen molar-refractivity contribution in [2.45, 2.75) is 31.1 Å². The Kier molecular flexibility index (Phi) is 2.58. The molecule has 0 atom stereocenters. The van der Waals surface area contributed by atoms with E-state index in [2.05, 4.69) is 0 Å². The van der Waals surface area contributed by atoms with Crippen LogP contribution in [0.1, 0.15) is 31.2 Å². The van der Waals surface area contributed by atoms with E-state index in [1.807, 2.05) is 0 Å². The minimum absolute atomic E-state index is 0.0936. The van der Waals surface area contributed by atoms with Crippen LogP contribution in [0.25, 0.3) is 0 Å². The molecular weight excluding hydrogens is 211 g/mol. The van der Waals surface area contributed by atoms with Gasteiger partial charge in [-0.2, -0.15) is 0 Å². The Hall–Kier alpha value is -1.58. The number of carbonyl (C=O) groups is 1. The first-order valence-corrected chi connectivity index (χ1v) is 5.29. The predicted octanol–water partition coefficient (Wildman–Crippen LogP) is 2.43. The third kappa shape index (κ3) is 1.54. The third-order valence-corrected chi connectivity index (χ3v) is 3.33. The SMILES string of the molecule is O=C(O)C1(c2cc(O)ccc2F)CCCC1. The Labute approximate surface area is 92.5 Å². The zero-order chi connectivity index (χ0) is 11.8. The monoisotopic (exact) mass is 224 g/mol. The van der Waals surface area contributed by atoms with Crippen molar-refractivity contribution in [1.82, 2.24) is 0 Å². The van der Waals surface area contributed by atoms with Crippen LogP contribution in [0.5, 0.6) is 5.75 Å². The van der Waals surface area contributed by atoms with Gasteiger partial charge >= 0.3 is 5.97 Å². The second-order valence-electron chi connectivity index (χ2n) is 4.26. The molecule has 0 aliphatic heterocycles. The molecule has 2 N–H and O–H groups in total. The molecule has 0 radical (unpaired) electrons. The lowest BCUT2D eigenvalue weighted by atomic mass is 9.78. The molecule has 0 saturated heterocycles. The molecule has 3 nitrogen and oxygen atoms in total. The predicted molar refractivity (Wildman–Crippen MR) is 55.8 cm³/mol. The zero-order valence-electron chi connectivity index (χ0n) is 8.74. The molecule has 0 bridgehead atoms. The Morgan fingerprint density at radius 3 is 2.50 bits per heavy atom. The van der Waals surface area contributed by atoms with Gasteiger partial charge in [-0.25, -0.2) is 4.39 Å². The first-order chi connectivity index (χ1) is 7.56. The molecule has 1 fully saturated rings. The molecule has 16 heavy (non-hydrogen) atoms. The van der Waals surface area contributed by atoms with Gasteiger partial charge in [0.2, 0.25) is 0 Å². The second-order valence-corrected chi connectivity index (χ2v) is 4.26. The van der Waals surface area contributed by atoms with Crippen molar-refractivity contribution in [2.24, 2.45) is 0 Å². The summed E-state index contributed by atoms with van der Waals surface area (Å²) >= 11 is 0. The molecule has 1 aromatic rings. The number of phenols is 1. The molecule has 1 aliphatic rings. The number of carboxylic acid groups (broad SMARTS) is 1. The van der Waals surface area contributed by atoms with Crippen LogP contribution >= 0.6 is 0 Å². The summed E-state index contributed by atoms with van der Waals surface area (Å²) in [4.78, 5) is 11.3. The first-order valence-electron chi connectivity index (χ1n) is 5.29. The van der Waals surface area contributed by atoms with Gasteiger partial charge in [0.25, 0.3) is 0 Å². The number of hydrogen-bond acceptors (Lipinski definition) is 2. The Bertz CT molecular complexity index is 422. The zero-order valence-corrected chi connectivity index (χ0v) is 8.74. The van der Waals surface area contributed by atoms with Crippen LogP contribution in [0.4, 0.5) is 4.39 Å². The standard InChI is InChI=1S/C12H13FO3/c13-10-4-3-8(14)7-9(10)12(11(15)16)5-1-2-6-12/h3-4,7,14H,1-2,5-6H2,(H,15,16). The topological polar surface area (TPSA) is 57.5 Å². The molecule has 1 saturated carbocycles. The van der Waals surface area contributed by atoms with Crippen LogP contribution < -0.4 is 0 Å². The van der Waals surface area contributed by atoms with Crippen molar-refractivity contribution < 1.29 is 19.4 Å². The van der Waals surface area contributed by atoms with Crippen molar-refractivity contribution in [3.8, 4) is 5.75 Å². The van der Waals surface area contributed by atoms with Gasteiger partial charge in [0, 0.05) is 5.56 Å². The van der Waals surface area contributed by atoms with Gasteiger partial charge in [0.1, 0.15) is 11.6 Å². The number of aliphatic carboxylic acids is 1. The normalized spacial score (nSPS) is 18.6. The van der Waals surface area contributed by atoms with E-state index in [9.17, 15) is 19.4 Å². The number of halogens is 1. The van der Waals surface area contributed by atoms with E-state index in [1.54, 1.807) is 0 Å². The highest BCUT2D eigenvalue weighted by atomic mass is 19.1. The van der Waals surface area contributed by atoms with Crippen LogP contribution in [-0.4, -0.2) is 16.2 Å². The minimum atomic E-state index is -1.15. The van der Waals surface area contributed by atoms with Crippen LogP contribution in [0.2, 0.25) is 0 Å². The van der Waals surface area contributed by atoms with Crippen molar-refractivity contribution in [3.63, 3.8) is 0 Å². The van der Waals surface area contributed by atoms with Crippen molar-refractivity contribution in [3.05, 3.63) is 29.6 Å². The van der Waals surface area contributed by atoms with Gasteiger partial charge in [-0.1, -0.05) is 12.8 Å². The van der Waals surface area contributed by atoms with Gasteiger partial charge < -0.3 is 10.2 Å². The molecule has 0 aromatic heterocycles. The Morgan fingerprint density at radius 1 is 1.31 bits per heavy atom. The third-order valence-electron chi connectivity index (χ3n) is 3.33. The summed E-state index contributed by atoms with van der Waals surface area (Å²) in [6.45, 7) is 0. The highest BCUT2D eigenvalue weighted by Gasteiger charge is 2.44. The fourth-order valence-electron chi connectivity index (χ4n) is 2.46. The average Bonchev–Trinajstić information content (AvgIpc) is 2.71. The minimum Gasteiger partial charge on any atom is -0.508 e. The fourth-order valence-corrected chi connectivity index (χ4v) is 2.46. The van der Waals surface area contributed by atoms with E-state index in [0.717, 1.165) is 18.9 Å². The second kappa shape index (κ2) is 3.77. The lowest BCUT2D eigenvalue weighted by Crippen LogP contribution is -2.33. The molecule has 0 heterocycles. The van der Waals surface area contributed by atoms with E-state index in [1.165, 1.54) is 12.1 Å². The number of aromatic hydroxyl groups is 1. The van der Waals surface area contributed by atoms with Gasteiger partial charge in [-0.3, -0.25) is 4.79 Å². The molecule has 1 aliphatic carbocycles. The van der Waals surface area contributed by atoms with E-state index < -0.39 is 17.2 Å². The average molecular weight is 224 g/mol. The highest BCUT2D eigenvalue weighted by molar-refractivity contribution is 5.82. The summed E-state index contributed by atoms with van der Waals surface area (Å²) in [7, 11) is 0. The summed E-state index contributed by atoms with van der Waals surface area (Å²) < 4.78 is 13.7. The largest absolute Gasteiger partial charge is 0.508 e. The lowest BCUT2D eigenvalue weighted by Gasteiger charge is -2.24. The van der Waals surface area contributed by atoms with Gasteiger partial charge in [0.05, 0.1) is 5.41 Å². The molecule has 86 valence electrons. The van der Waals surface area contributed by atoms with Crippen molar-refractivity contribution in [1.29, 1.82) is 0 Å². The quantitative estimate of drug-likeness (QED) is 0.811. The summed E-state index contributed by atoms with van der Waals surface area (Å²) in [6.07, 6.45) is 2.42. The van der Waals surface area contributed by atoms with E-state index in [0.29, 0.717) is 12.8 Å². The first kappa shape index (κ1) is 10.9. The number of carboxylic acids is 1. The van der Waals surface area contributed by atoms with Crippen molar-refractivity contribution >= 4 is 5.97 Å². The number of phenolic OH excluding ortho intramolecular Hbond substituents is 1. The summed E-state index contributed by atoms with van der Waals surface area (Å²) in [6, 6.07) is 3.58. The number of hydrogen-bond donors (Lipinski definition) is 2. The van der Waals surface area contributed by atoms with Gasteiger partial charge in [-0.05, 0) is 31.0 Å².